The second-order valence-electron chi connectivity index (χ2n) is 7.82. The van der Waals surface area contributed by atoms with Crippen molar-refractivity contribution >= 4 is 23.2 Å². The molecule has 1 fully saturated rings. The van der Waals surface area contributed by atoms with Crippen molar-refractivity contribution in [2.45, 2.75) is 25.4 Å². The molecule has 4 aromatic rings. The Balaban J connectivity index is 1.81. The molecule has 8 heteroatoms. The fourth-order valence-electron chi connectivity index (χ4n) is 4.02. The Hall–Kier alpha value is -3.09. The van der Waals surface area contributed by atoms with Gasteiger partial charge in [-0.25, -0.2) is 4.79 Å². The molecule has 0 N–H and O–H groups in total. The summed E-state index contributed by atoms with van der Waals surface area (Å²) in [6.07, 6.45) is 1.86. The monoisotopic (exact) mass is 486 g/mol. The third-order valence-corrected chi connectivity index (χ3v) is 6.06. The van der Waals surface area contributed by atoms with Crippen LogP contribution in [0, 0.1) is 0 Å². The molecule has 1 aliphatic carbocycles. The Morgan fingerprint density at radius 2 is 1.42 bits per heavy atom. The van der Waals surface area contributed by atoms with E-state index in [2.05, 4.69) is 4.74 Å². The second-order valence-corrected chi connectivity index (χ2v) is 8.69. The van der Waals surface area contributed by atoms with Gasteiger partial charge in [-0.3, -0.25) is 9.13 Å². The van der Waals surface area contributed by atoms with E-state index in [0.29, 0.717) is 32.7 Å². The first-order valence-corrected chi connectivity index (χ1v) is 11.1. The number of rotatable bonds is 6. The van der Waals surface area contributed by atoms with Crippen LogP contribution in [0.3, 0.4) is 0 Å². The van der Waals surface area contributed by atoms with Gasteiger partial charge < -0.3 is 4.74 Å². The van der Waals surface area contributed by atoms with Crippen LogP contribution in [0.1, 0.15) is 24.5 Å². The minimum atomic E-state index is -2.94. The maximum Gasteiger partial charge on any atom is 0.387 e. The van der Waals surface area contributed by atoms with E-state index in [1.807, 2.05) is 0 Å². The Morgan fingerprint density at radius 1 is 0.848 bits per heavy atom. The number of hydrogen-bond acceptors (Lipinski definition) is 2. The number of aromatic nitrogens is 2. The highest BCUT2D eigenvalue weighted by atomic mass is 35.5. The van der Waals surface area contributed by atoms with E-state index in [1.54, 1.807) is 69.8 Å². The molecule has 5 rings (SSSR count). The van der Waals surface area contributed by atoms with Gasteiger partial charge in [-0.05, 0) is 73.5 Å². The van der Waals surface area contributed by atoms with Gasteiger partial charge in [0.25, 0.3) is 0 Å². The fraction of sp³-hybridized carbons (Fsp3) is 0.160. The summed E-state index contributed by atoms with van der Waals surface area (Å²) in [5.41, 5.74) is 3.10. The summed E-state index contributed by atoms with van der Waals surface area (Å²) in [6, 6.07) is 20.4. The molecule has 4 nitrogen and oxygen atoms in total. The zero-order valence-corrected chi connectivity index (χ0v) is 18.7. The Kier molecular flexibility index (Phi) is 5.72. The van der Waals surface area contributed by atoms with Crippen LogP contribution in [-0.2, 0) is 0 Å². The molecule has 0 aliphatic heterocycles. The number of ether oxygens (including phenoxy) is 1. The average molecular weight is 487 g/mol. The quantitative estimate of drug-likeness (QED) is 0.291. The van der Waals surface area contributed by atoms with Crippen LogP contribution >= 0.6 is 23.2 Å². The molecule has 0 saturated heterocycles. The molecule has 0 spiro atoms. The number of imidazole rings is 1. The largest absolute Gasteiger partial charge is 0.435 e. The zero-order valence-electron chi connectivity index (χ0n) is 17.2. The van der Waals surface area contributed by atoms with Gasteiger partial charge in [0.05, 0.1) is 22.8 Å². The lowest BCUT2D eigenvalue weighted by molar-refractivity contribution is -0.0498. The molecule has 0 atom stereocenters. The standard InChI is InChI=1S/C25H18Cl2F2N2O2/c26-17-6-10-19(11-7-17)30-22(15-4-5-15)23(16-2-1-3-21(14-16)33-24(28)29)31(25(30)32)20-12-8-18(27)9-13-20/h1-3,6-15,24H,4-5H2. The smallest absolute Gasteiger partial charge is 0.387 e. The first-order chi connectivity index (χ1) is 15.9. The van der Waals surface area contributed by atoms with Crippen molar-refractivity contribution < 1.29 is 13.5 Å². The molecule has 1 aliphatic rings. The molecular formula is C25H18Cl2F2N2O2. The van der Waals surface area contributed by atoms with E-state index in [0.717, 1.165) is 18.5 Å². The molecule has 168 valence electrons. The summed E-state index contributed by atoms with van der Waals surface area (Å²) in [5.74, 6) is 0.190. The molecule has 1 heterocycles. The molecule has 1 aromatic heterocycles. The van der Waals surface area contributed by atoms with Crippen LogP contribution in [-0.4, -0.2) is 15.7 Å². The van der Waals surface area contributed by atoms with Crippen LogP contribution in [0.4, 0.5) is 8.78 Å². The second kappa shape index (κ2) is 8.69. The number of hydrogen-bond donors (Lipinski definition) is 0. The van der Waals surface area contributed by atoms with Crippen molar-refractivity contribution in [3.05, 3.63) is 99.0 Å². The highest BCUT2D eigenvalue weighted by molar-refractivity contribution is 6.30. The number of benzene rings is 3. The predicted octanol–water partition coefficient (Wildman–Crippen LogP) is 7.08. The van der Waals surface area contributed by atoms with Crippen molar-refractivity contribution in [1.29, 1.82) is 0 Å². The van der Waals surface area contributed by atoms with Crippen LogP contribution < -0.4 is 10.4 Å². The van der Waals surface area contributed by atoms with E-state index in [4.69, 9.17) is 23.2 Å². The summed E-state index contributed by atoms with van der Waals surface area (Å²) in [4.78, 5) is 13.9. The van der Waals surface area contributed by atoms with Crippen LogP contribution in [0.25, 0.3) is 22.6 Å². The van der Waals surface area contributed by atoms with Gasteiger partial charge in [0, 0.05) is 21.5 Å². The predicted molar refractivity (Wildman–Crippen MR) is 125 cm³/mol. The van der Waals surface area contributed by atoms with Gasteiger partial charge in [0.1, 0.15) is 5.75 Å². The molecule has 1 saturated carbocycles. The molecule has 33 heavy (non-hydrogen) atoms. The van der Waals surface area contributed by atoms with Crippen molar-refractivity contribution in [2.24, 2.45) is 0 Å². The Morgan fingerprint density at radius 3 is 1.97 bits per heavy atom. The zero-order chi connectivity index (χ0) is 23.1. The summed E-state index contributed by atoms with van der Waals surface area (Å²) in [6.45, 7) is -2.94. The van der Waals surface area contributed by atoms with Gasteiger partial charge in [0.2, 0.25) is 0 Å². The van der Waals surface area contributed by atoms with Gasteiger partial charge in [-0.1, -0.05) is 35.3 Å². The fourth-order valence-corrected chi connectivity index (χ4v) is 4.27. The van der Waals surface area contributed by atoms with Gasteiger partial charge >= 0.3 is 12.3 Å². The first kappa shape index (κ1) is 21.7. The molecule has 0 unspecified atom stereocenters. The first-order valence-electron chi connectivity index (χ1n) is 10.4. The lowest BCUT2D eigenvalue weighted by Crippen LogP contribution is -2.23. The average Bonchev–Trinajstić information content (AvgIpc) is 3.58. The number of nitrogens with zero attached hydrogens (tertiary/aromatic N) is 2. The summed E-state index contributed by atoms with van der Waals surface area (Å²) < 4.78 is 33.6. The van der Waals surface area contributed by atoms with E-state index in [-0.39, 0.29) is 17.4 Å². The maximum absolute atomic E-state index is 13.9. The SMILES string of the molecule is O=c1n(-c2ccc(Cl)cc2)c(-c2cccc(OC(F)F)c2)c(C2CC2)n1-c1ccc(Cl)cc1. The molecule has 3 aromatic carbocycles. The lowest BCUT2D eigenvalue weighted by atomic mass is 10.1. The number of alkyl halides is 2. The molecule has 0 radical (unpaired) electrons. The Bertz CT molecular complexity index is 1360. The Labute approximate surface area is 198 Å². The maximum atomic E-state index is 13.9. The van der Waals surface area contributed by atoms with E-state index in [1.165, 1.54) is 12.1 Å². The van der Waals surface area contributed by atoms with Crippen molar-refractivity contribution in [3.63, 3.8) is 0 Å². The summed E-state index contributed by atoms with van der Waals surface area (Å²) in [5, 5.41) is 1.11. The third kappa shape index (κ3) is 4.28. The summed E-state index contributed by atoms with van der Waals surface area (Å²) in [7, 11) is 0. The number of halogens is 4. The van der Waals surface area contributed by atoms with Crippen LogP contribution in [0.2, 0.25) is 10.0 Å². The van der Waals surface area contributed by atoms with Crippen molar-refractivity contribution in [1.82, 2.24) is 9.13 Å². The van der Waals surface area contributed by atoms with Crippen LogP contribution in [0.5, 0.6) is 5.75 Å². The minimum absolute atomic E-state index is 0.0265. The van der Waals surface area contributed by atoms with E-state index >= 15 is 0 Å². The van der Waals surface area contributed by atoms with Gasteiger partial charge in [0.15, 0.2) is 0 Å². The molecule has 0 bridgehead atoms. The van der Waals surface area contributed by atoms with Crippen LogP contribution in [0.15, 0.2) is 77.6 Å². The normalized spacial score (nSPS) is 13.5. The van der Waals surface area contributed by atoms with Crippen molar-refractivity contribution in [3.8, 4) is 28.4 Å². The highest BCUT2D eigenvalue weighted by Gasteiger charge is 2.35. The third-order valence-electron chi connectivity index (χ3n) is 5.56. The summed E-state index contributed by atoms with van der Waals surface area (Å²) >= 11 is 12.2. The molecular weight excluding hydrogens is 469 g/mol. The van der Waals surface area contributed by atoms with Gasteiger partial charge in [-0.15, -0.1) is 0 Å². The van der Waals surface area contributed by atoms with Gasteiger partial charge in [-0.2, -0.15) is 8.78 Å². The topological polar surface area (TPSA) is 36.2 Å². The van der Waals surface area contributed by atoms with E-state index in [9.17, 15) is 13.6 Å². The molecule has 0 amide bonds. The van der Waals surface area contributed by atoms with Crippen molar-refractivity contribution in [2.75, 3.05) is 0 Å². The van der Waals surface area contributed by atoms with E-state index < -0.39 is 6.61 Å². The lowest BCUT2D eigenvalue weighted by Gasteiger charge is -2.12. The minimum Gasteiger partial charge on any atom is -0.435 e. The highest BCUT2D eigenvalue weighted by Crippen LogP contribution is 2.46.